The van der Waals surface area contributed by atoms with Crippen molar-refractivity contribution in [3.63, 3.8) is 0 Å². The summed E-state index contributed by atoms with van der Waals surface area (Å²) in [5.74, 6) is 0.453. The van der Waals surface area contributed by atoms with Crippen molar-refractivity contribution in [2.75, 3.05) is 20.7 Å². The van der Waals surface area contributed by atoms with Crippen LogP contribution >= 0.6 is 0 Å². The number of benzene rings is 1. The summed E-state index contributed by atoms with van der Waals surface area (Å²) in [5.41, 5.74) is 5.83. The largest absolute Gasteiger partial charge is 0.497 e. The van der Waals surface area contributed by atoms with Crippen molar-refractivity contribution in [2.45, 2.75) is 0 Å². The van der Waals surface area contributed by atoms with Crippen molar-refractivity contribution in [3.05, 3.63) is 29.8 Å². The number of nitrogens with zero attached hydrogens (tertiary/aromatic N) is 2. The van der Waals surface area contributed by atoms with Crippen molar-refractivity contribution in [1.29, 1.82) is 0 Å². The van der Waals surface area contributed by atoms with E-state index in [0.29, 0.717) is 11.3 Å². The molecule has 0 fully saturated rings. The van der Waals surface area contributed by atoms with Gasteiger partial charge in [0.2, 0.25) is 0 Å². The molecule has 0 atom stereocenters. The molecule has 0 aliphatic heterocycles. The molecule has 1 rings (SSSR count). The van der Waals surface area contributed by atoms with Crippen LogP contribution in [0.25, 0.3) is 0 Å². The lowest BCUT2D eigenvalue weighted by Crippen LogP contribution is -2.35. The van der Waals surface area contributed by atoms with Gasteiger partial charge in [-0.2, -0.15) is 0 Å². The van der Waals surface area contributed by atoms with E-state index in [1.807, 2.05) is 0 Å². The first-order chi connectivity index (χ1) is 8.08. The molecule has 0 aromatic heterocycles. The van der Waals surface area contributed by atoms with Gasteiger partial charge in [0.15, 0.2) is 5.84 Å². The van der Waals surface area contributed by atoms with Gasteiger partial charge in [0, 0.05) is 12.6 Å². The fourth-order valence-electron chi connectivity index (χ4n) is 1.30. The molecule has 0 aliphatic rings. The van der Waals surface area contributed by atoms with Crippen LogP contribution < -0.4 is 10.5 Å². The molecule has 0 saturated carbocycles. The van der Waals surface area contributed by atoms with E-state index >= 15 is 0 Å². The molecule has 1 aromatic carbocycles. The molecule has 0 heterocycles. The predicted molar refractivity (Wildman–Crippen MR) is 63.4 cm³/mol. The van der Waals surface area contributed by atoms with Crippen LogP contribution in [0.1, 0.15) is 10.4 Å². The molecule has 6 heteroatoms. The van der Waals surface area contributed by atoms with E-state index in [0.717, 1.165) is 0 Å². The number of amidine groups is 1. The van der Waals surface area contributed by atoms with Gasteiger partial charge in [-0.05, 0) is 24.3 Å². The minimum absolute atomic E-state index is 0.0191. The molecule has 92 valence electrons. The van der Waals surface area contributed by atoms with E-state index in [9.17, 15) is 4.79 Å². The summed E-state index contributed by atoms with van der Waals surface area (Å²) >= 11 is 0. The number of hydrogen-bond acceptors (Lipinski definition) is 4. The lowest BCUT2D eigenvalue weighted by atomic mass is 10.2. The van der Waals surface area contributed by atoms with Crippen LogP contribution in [0, 0.1) is 0 Å². The zero-order valence-electron chi connectivity index (χ0n) is 9.75. The summed E-state index contributed by atoms with van der Waals surface area (Å²) in [5, 5.41) is 11.2. The van der Waals surface area contributed by atoms with Gasteiger partial charge in [0.1, 0.15) is 5.75 Å². The van der Waals surface area contributed by atoms with Crippen LogP contribution in [0.2, 0.25) is 0 Å². The molecule has 0 bridgehead atoms. The monoisotopic (exact) mass is 237 g/mol. The Bertz CT molecular complexity index is 414. The highest BCUT2D eigenvalue weighted by molar-refractivity contribution is 5.96. The number of likely N-dealkylation sites (N-methyl/N-ethyl adjacent to an activating group) is 1. The molecule has 0 spiro atoms. The van der Waals surface area contributed by atoms with E-state index < -0.39 is 0 Å². The predicted octanol–water partition coefficient (Wildman–Crippen LogP) is 0.514. The molecule has 0 radical (unpaired) electrons. The second kappa shape index (κ2) is 5.74. The van der Waals surface area contributed by atoms with Gasteiger partial charge in [0.25, 0.3) is 5.91 Å². The summed E-state index contributed by atoms with van der Waals surface area (Å²) in [4.78, 5) is 13.2. The van der Waals surface area contributed by atoms with Crippen LogP contribution in [0.3, 0.4) is 0 Å². The Morgan fingerprint density at radius 2 is 2.06 bits per heavy atom. The maximum atomic E-state index is 11.9. The van der Waals surface area contributed by atoms with Crippen molar-refractivity contribution in [3.8, 4) is 5.75 Å². The van der Waals surface area contributed by atoms with Crippen LogP contribution in [-0.4, -0.2) is 42.6 Å². The van der Waals surface area contributed by atoms with Gasteiger partial charge in [-0.1, -0.05) is 5.16 Å². The molecule has 0 saturated heterocycles. The zero-order chi connectivity index (χ0) is 12.8. The first-order valence-corrected chi connectivity index (χ1v) is 4.94. The molecule has 3 N–H and O–H groups in total. The Morgan fingerprint density at radius 1 is 1.47 bits per heavy atom. The van der Waals surface area contributed by atoms with E-state index in [4.69, 9.17) is 15.7 Å². The number of amides is 1. The Kier molecular flexibility index (Phi) is 4.33. The van der Waals surface area contributed by atoms with E-state index in [-0.39, 0.29) is 18.3 Å². The standard InChI is InChI=1S/C11H15N3O3/c1-14(7-10(12)13-16)11(15)8-3-5-9(17-2)6-4-8/h3-6,16H,7H2,1-2H3,(H2,12,13). The van der Waals surface area contributed by atoms with Crippen LogP contribution in [0.5, 0.6) is 5.75 Å². The quantitative estimate of drug-likeness (QED) is 0.346. The van der Waals surface area contributed by atoms with E-state index in [1.165, 1.54) is 4.90 Å². The fraction of sp³-hybridized carbons (Fsp3) is 0.273. The average Bonchev–Trinajstić information content (AvgIpc) is 2.37. The lowest BCUT2D eigenvalue weighted by Gasteiger charge is -2.16. The van der Waals surface area contributed by atoms with Gasteiger partial charge in [-0.25, -0.2) is 0 Å². The molecule has 6 nitrogen and oxygen atoms in total. The maximum Gasteiger partial charge on any atom is 0.254 e. The van der Waals surface area contributed by atoms with Crippen molar-refractivity contribution < 1.29 is 14.7 Å². The highest BCUT2D eigenvalue weighted by Crippen LogP contribution is 2.12. The van der Waals surface area contributed by atoms with Gasteiger partial charge in [-0.15, -0.1) is 0 Å². The minimum Gasteiger partial charge on any atom is -0.497 e. The second-order valence-electron chi connectivity index (χ2n) is 3.48. The summed E-state index contributed by atoms with van der Waals surface area (Å²) in [6, 6.07) is 6.71. The SMILES string of the molecule is COc1ccc(C(=O)N(C)C/C(N)=N/O)cc1. The number of nitrogens with two attached hydrogens (primary N) is 1. The van der Waals surface area contributed by atoms with E-state index in [1.54, 1.807) is 38.4 Å². The third-order valence-corrected chi connectivity index (χ3v) is 2.21. The Labute approximate surface area is 99.3 Å². The van der Waals surface area contributed by atoms with Crippen molar-refractivity contribution >= 4 is 11.7 Å². The molecule has 0 unspecified atom stereocenters. The number of carbonyl (C=O) groups excluding carboxylic acids is 1. The molecule has 1 aromatic rings. The normalized spacial score (nSPS) is 11.1. The number of carbonyl (C=O) groups is 1. The molecular formula is C11H15N3O3. The van der Waals surface area contributed by atoms with Gasteiger partial charge in [-0.3, -0.25) is 4.79 Å². The van der Waals surface area contributed by atoms with Gasteiger partial charge in [0.05, 0.1) is 13.7 Å². The minimum atomic E-state index is -0.209. The van der Waals surface area contributed by atoms with Crippen LogP contribution in [-0.2, 0) is 0 Å². The van der Waals surface area contributed by atoms with E-state index in [2.05, 4.69) is 5.16 Å². The third-order valence-electron chi connectivity index (χ3n) is 2.21. The van der Waals surface area contributed by atoms with Crippen molar-refractivity contribution in [1.82, 2.24) is 4.90 Å². The summed E-state index contributed by atoms with van der Waals surface area (Å²) < 4.78 is 4.99. The summed E-state index contributed by atoms with van der Waals surface area (Å²) in [7, 11) is 3.13. The molecule has 1 amide bonds. The Morgan fingerprint density at radius 3 is 2.53 bits per heavy atom. The maximum absolute atomic E-state index is 11.9. The molecule has 0 aliphatic carbocycles. The van der Waals surface area contributed by atoms with Crippen molar-refractivity contribution in [2.24, 2.45) is 10.9 Å². The van der Waals surface area contributed by atoms with Gasteiger partial charge >= 0.3 is 0 Å². The van der Waals surface area contributed by atoms with Crippen LogP contribution in [0.4, 0.5) is 0 Å². The second-order valence-corrected chi connectivity index (χ2v) is 3.48. The topological polar surface area (TPSA) is 88.2 Å². The zero-order valence-corrected chi connectivity index (χ0v) is 9.75. The smallest absolute Gasteiger partial charge is 0.254 e. The number of oxime groups is 1. The first-order valence-electron chi connectivity index (χ1n) is 4.94. The Hall–Kier alpha value is -2.24. The first kappa shape index (κ1) is 12.8. The van der Waals surface area contributed by atoms with Crippen LogP contribution in [0.15, 0.2) is 29.4 Å². The third kappa shape index (κ3) is 3.37. The number of methoxy groups -OCH3 is 1. The summed E-state index contributed by atoms with van der Waals surface area (Å²) in [6.07, 6.45) is 0. The average molecular weight is 237 g/mol. The van der Waals surface area contributed by atoms with Gasteiger partial charge < -0.3 is 20.6 Å². The fourth-order valence-corrected chi connectivity index (χ4v) is 1.30. The lowest BCUT2D eigenvalue weighted by molar-refractivity contribution is 0.0813. The molecule has 17 heavy (non-hydrogen) atoms. The molecular weight excluding hydrogens is 222 g/mol. The number of hydrogen-bond donors (Lipinski definition) is 2. The highest BCUT2D eigenvalue weighted by Gasteiger charge is 2.12. The highest BCUT2D eigenvalue weighted by atomic mass is 16.5. The Balaban J connectivity index is 2.74. The summed E-state index contributed by atoms with van der Waals surface area (Å²) in [6.45, 7) is 0.0708. The number of rotatable bonds is 4. The number of ether oxygens (including phenoxy) is 1.